The minimum atomic E-state index is -0.392. The number of primary amides is 1. The van der Waals surface area contributed by atoms with Gasteiger partial charge in [-0.2, -0.15) is 0 Å². The van der Waals surface area contributed by atoms with Gasteiger partial charge < -0.3 is 16.0 Å². The number of carbonyl (C=O) groups excluding carboxylic acids is 2. The molecule has 1 aliphatic rings. The topological polar surface area (TPSA) is 75.4 Å². The molecule has 0 spiro atoms. The smallest absolute Gasteiger partial charge is 0.314 e. The summed E-state index contributed by atoms with van der Waals surface area (Å²) in [7, 11) is 0. The van der Waals surface area contributed by atoms with Crippen LogP contribution in [-0.4, -0.2) is 36.0 Å². The summed E-state index contributed by atoms with van der Waals surface area (Å²) < 4.78 is 1.03. The van der Waals surface area contributed by atoms with E-state index in [2.05, 4.69) is 21.2 Å². The standard InChI is InChI=1S/C17H18BrN3O2S/c18-12-3-1-11(2-4-12)14-5-6-15(24-14)16(22)20-13-7-9-21(10-8-13)17(19)23/h1-6,13H,7-10H2,(H2,19,23)(H,20,22). The van der Waals surface area contributed by atoms with Gasteiger partial charge in [-0.1, -0.05) is 28.1 Å². The third kappa shape index (κ3) is 3.96. The highest BCUT2D eigenvalue weighted by Gasteiger charge is 2.23. The lowest BCUT2D eigenvalue weighted by Crippen LogP contribution is -2.48. The number of rotatable bonds is 3. The summed E-state index contributed by atoms with van der Waals surface area (Å²) in [4.78, 5) is 26.9. The number of piperidine rings is 1. The molecule has 24 heavy (non-hydrogen) atoms. The largest absolute Gasteiger partial charge is 0.351 e. The minimum Gasteiger partial charge on any atom is -0.351 e. The normalized spacial score (nSPS) is 15.3. The molecule has 0 atom stereocenters. The van der Waals surface area contributed by atoms with Crippen molar-refractivity contribution in [3.63, 3.8) is 0 Å². The quantitative estimate of drug-likeness (QED) is 0.817. The summed E-state index contributed by atoms with van der Waals surface area (Å²) in [6.07, 6.45) is 1.47. The Hall–Kier alpha value is -1.86. The maximum absolute atomic E-state index is 12.4. The fraction of sp³-hybridized carbons (Fsp3) is 0.294. The summed E-state index contributed by atoms with van der Waals surface area (Å²) in [6, 6.07) is 11.6. The number of urea groups is 1. The third-order valence-corrected chi connectivity index (χ3v) is 5.76. The molecule has 5 nitrogen and oxygen atoms in total. The van der Waals surface area contributed by atoms with Crippen LogP contribution in [0.5, 0.6) is 0 Å². The van der Waals surface area contributed by atoms with E-state index in [9.17, 15) is 9.59 Å². The number of nitrogens with zero attached hydrogens (tertiary/aromatic N) is 1. The van der Waals surface area contributed by atoms with E-state index in [1.807, 2.05) is 36.4 Å². The number of hydrogen-bond acceptors (Lipinski definition) is 3. The van der Waals surface area contributed by atoms with Crippen molar-refractivity contribution in [2.24, 2.45) is 5.73 Å². The van der Waals surface area contributed by atoms with E-state index in [0.717, 1.165) is 27.8 Å². The van der Waals surface area contributed by atoms with Crippen molar-refractivity contribution in [2.75, 3.05) is 13.1 Å². The van der Waals surface area contributed by atoms with Crippen LogP contribution < -0.4 is 11.1 Å². The van der Waals surface area contributed by atoms with E-state index in [-0.39, 0.29) is 11.9 Å². The molecule has 3 amide bonds. The fourth-order valence-electron chi connectivity index (χ4n) is 2.73. The predicted molar refractivity (Wildman–Crippen MR) is 99.1 cm³/mol. The summed E-state index contributed by atoms with van der Waals surface area (Å²) in [5.74, 6) is -0.0547. The first-order valence-electron chi connectivity index (χ1n) is 7.74. The molecule has 1 aromatic heterocycles. The molecule has 3 N–H and O–H groups in total. The molecule has 7 heteroatoms. The summed E-state index contributed by atoms with van der Waals surface area (Å²) in [6.45, 7) is 1.18. The Bertz CT molecular complexity index is 737. The number of hydrogen-bond donors (Lipinski definition) is 2. The van der Waals surface area contributed by atoms with Gasteiger partial charge in [0.25, 0.3) is 5.91 Å². The zero-order valence-corrected chi connectivity index (χ0v) is 15.4. The highest BCUT2D eigenvalue weighted by Crippen LogP contribution is 2.29. The van der Waals surface area contributed by atoms with E-state index >= 15 is 0 Å². The first kappa shape index (κ1) is 17.0. The van der Waals surface area contributed by atoms with Gasteiger partial charge >= 0.3 is 6.03 Å². The van der Waals surface area contributed by atoms with E-state index in [1.54, 1.807) is 4.90 Å². The minimum absolute atomic E-state index is 0.0547. The molecule has 0 saturated carbocycles. The Morgan fingerprint density at radius 1 is 1.12 bits per heavy atom. The van der Waals surface area contributed by atoms with Crippen molar-refractivity contribution in [3.05, 3.63) is 45.7 Å². The second-order valence-electron chi connectivity index (χ2n) is 5.74. The number of likely N-dealkylation sites (tertiary alicyclic amines) is 1. The lowest BCUT2D eigenvalue weighted by atomic mass is 10.1. The van der Waals surface area contributed by atoms with Gasteiger partial charge in [0.15, 0.2) is 0 Å². The molecule has 0 radical (unpaired) electrons. The van der Waals surface area contributed by atoms with E-state index in [1.165, 1.54) is 11.3 Å². The molecule has 1 saturated heterocycles. The zero-order chi connectivity index (χ0) is 17.1. The van der Waals surface area contributed by atoms with Crippen LogP contribution in [0.4, 0.5) is 4.79 Å². The molecule has 0 unspecified atom stereocenters. The number of halogens is 1. The van der Waals surface area contributed by atoms with Crippen LogP contribution in [0.25, 0.3) is 10.4 Å². The van der Waals surface area contributed by atoms with Gasteiger partial charge in [-0.25, -0.2) is 4.79 Å². The van der Waals surface area contributed by atoms with E-state index < -0.39 is 6.03 Å². The molecule has 1 aliphatic heterocycles. The van der Waals surface area contributed by atoms with E-state index in [4.69, 9.17) is 5.73 Å². The van der Waals surface area contributed by atoms with Crippen molar-refractivity contribution in [3.8, 4) is 10.4 Å². The van der Waals surface area contributed by atoms with Gasteiger partial charge in [0, 0.05) is 28.5 Å². The SMILES string of the molecule is NC(=O)N1CCC(NC(=O)c2ccc(-c3ccc(Br)cc3)s2)CC1. The molecular weight excluding hydrogens is 390 g/mol. The molecule has 126 valence electrons. The van der Waals surface area contributed by atoms with E-state index in [0.29, 0.717) is 18.0 Å². The average molecular weight is 408 g/mol. The highest BCUT2D eigenvalue weighted by atomic mass is 79.9. The van der Waals surface area contributed by atoms with Gasteiger partial charge in [-0.15, -0.1) is 11.3 Å². The predicted octanol–water partition coefficient (Wildman–Crippen LogP) is 3.45. The maximum Gasteiger partial charge on any atom is 0.314 e. The molecule has 2 aromatic rings. The maximum atomic E-state index is 12.4. The van der Waals surface area contributed by atoms with Crippen molar-refractivity contribution in [1.29, 1.82) is 0 Å². The number of nitrogens with two attached hydrogens (primary N) is 1. The first-order valence-corrected chi connectivity index (χ1v) is 9.35. The molecule has 0 aliphatic carbocycles. The second kappa shape index (κ2) is 7.36. The molecular formula is C17H18BrN3O2S. The Labute approximate surface area is 153 Å². The van der Waals surface area contributed by atoms with Crippen molar-refractivity contribution in [2.45, 2.75) is 18.9 Å². The van der Waals surface area contributed by atoms with Crippen LogP contribution in [0.2, 0.25) is 0 Å². The molecule has 2 heterocycles. The Kier molecular flexibility index (Phi) is 5.20. The summed E-state index contributed by atoms with van der Waals surface area (Å²) in [5.41, 5.74) is 6.37. The van der Waals surface area contributed by atoms with Gasteiger partial charge in [0.05, 0.1) is 4.88 Å². The van der Waals surface area contributed by atoms with Gasteiger partial charge in [0.1, 0.15) is 0 Å². The summed E-state index contributed by atoms with van der Waals surface area (Å²) in [5, 5.41) is 3.05. The lowest BCUT2D eigenvalue weighted by Gasteiger charge is -2.31. The molecule has 3 rings (SSSR count). The van der Waals surface area contributed by atoms with Crippen molar-refractivity contribution < 1.29 is 9.59 Å². The Morgan fingerprint density at radius 3 is 2.42 bits per heavy atom. The Morgan fingerprint density at radius 2 is 1.79 bits per heavy atom. The number of nitrogens with one attached hydrogen (secondary N) is 1. The van der Waals surface area contributed by atoms with Crippen molar-refractivity contribution >= 4 is 39.2 Å². The number of carbonyl (C=O) groups is 2. The van der Waals surface area contributed by atoms with Gasteiger partial charge in [-0.3, -0.25) is 4.79 Å². The van der Waals surface area contributed by atoms with Crippen LogP contribution in [0.3, 0.4) is 0 Å². The summed E-state index contributed by atoms with van der Waals surface area (Å²) >= 11 is 4.90. The third-order valence-electron chi connectivity index (χ3n) is 4.10. The highest BCUT2D eigenvalue weighted by molar-refractivity contribution is 9.10. The lowest BCUT2D eigenvalue weighted by molar-refractivity contribution is 0.0923. The van der Waals surface area contributed by atoms with Crippen LogP contribution >= 0.6 is 27.3 Å². The van der Waals surface area contributed by atoms with Crippen LogP contribution in [0.1, 0.15) is 22.5 Å². The monoisotopic (exact) mass is 407 g/mol. The Balaban J connectivity index is 1.60. The van der Waals surface area contributed by atoms with Crippen molar-refractivity contribution in [1.82, 2.24) is 10.2 Å². The van der Waals surface area contributed by atoms with Gasteiger partial charge in [0.2, 0.25) is 0 Å². The number of amides is 3. The average Bonchev–Trinajstić information content (AvgIpc) is 3.06. The second-order valence-corrected chi connectivity index (χ2v) is 7.74. The molecule has 0 bridgehead atoms. The van der Waals surface area contributed by atoms with Crippen LogP contribution in [0.15, 0.2) is 40.9 Å². The zero-order valence-electron chi connectivity index (χ0n) is 13.0. The van der Waals surface area contributed by atoms with Gasteiger partial charge in [-0.05, 0) is 42.7 Å². The molecule has 1 fully saturated rings. The first-order chi connectivity index (χ1) is 11.5. The van der Waals surface area contributed by atoms with Crippen LogP contribution in [-0.2, 0) is 0 Å². The number of thiophene rings is 1. The number of benzene rings is 1. The fourth-order valence-corrected chi connectivity index (χ4v) is 3.91. The van der Waals surface area contributed by atoms with Crippen LogP contribution in [0, 0.1) is 0 Å². The molecule has 1 aromatic carbocycles.